The van der Waals surface area contributed by atoms with Gasteiger partial charge in [0, 0.05) is 13.6 Å². The molecule has 4 rings (SSSR count). The van der Waals surface area contributed by atoms with Crippen molar-refractivity contribution in [3.63, 3.8) is 0 Å². The van der Waals surface area contributed by atoms with Gasteiger partial charge in [0.2, 0.25) is 0 Å². The Kier molecular flexibility index (Phi) is 6.96. The Morgan fingerprint density at radius 1 is 0.970 bits per heavy atom. The van der Waals surface area contributed by atoms with Crippen molar-refractivity contribution in [1.29, 1.82) is 0 Å². The Balaban J connectivity index is 1.27. The van der Waals surface area contributed by atoms with E-state index in [1.54, 1.807) is 41.8 Å². The molecule has 1 aromatic heterocycles. The van der Waals surface area contributed by atoms with E-state index in [0.29, 0.717) is 18.0 Å². The lowest BCUT2D eigenvalue weighted by atomic mass is 10.0. The van der Waals surface area contributed by atoms with Crippen LogP contribution in [0.25, 0.3) is 10.8 Å². The highest BCUT2D eigenvalue weighted by molar-refractivity contribution is 7.94. The number of amides is 1. The maximum atomic E-state index is 12.6. The number of nitrogens with zero attached hydrogens (tertiary/aromatic N) is 1. The first-order valence-corrected chi connectivity index (χ1v) is 12.8. The second-order valence-corrected chi connectivity index (χ2v) is 10.6. The number of hydrogen-bond acceptors (Lipinski definition) is 5. The van der Waals surface area contributed by atoms with E-state index < -0.39 is 10.0 Å². The third-order valence-corrected chi connectivity index (χ3v) is 8.44. The monoisotopic (exact) mass is 480 g/mol. The summed E-state index contributed by atoms with van der Waals surface area (Å²) in [6.45, 7) is 0.402. The molecule has 33 heavy (non-hydrogen) atoms. The van der Waals surface area contributed by atoms with E-state index in [2.05, 4.69) is 29.6 Å². The molecule has 170 valence electrons. The van der Waals surface area contributed by atoms with Gasteiger partial charge in [-0.15, -0.1) is 11.3 Å². The largest absolute Gasteiger partial charge is 0.484 e. The van der Waals surface area contributed by atoms with E-state index in [1.165, 1.54) is 39.0 Å². The van der Waals surface area contributed by atoms with Gasteiger partial charge >= 0.3 is 0 Å². The Morgan fingerprint density at radius 2 is 1.73 bits per heavy atom. The van der Waals surface area contributed by atoms with Gasteiger partial charge in [-0.25, -0.2) is 8.42 Å². The molecule has 1 heterocycles. The molecule has 0 aliphatic rings. The molecule has 0 radical (unpaired) electrons. The van der Waals surface area contributed by atoms with Crippen molar-refractivity contribution in [2.75, 3.05) is 24.5 Å². The van der Waals surface area contributed by atoms with Gasteiger partial charge in [0.25, 0.3) is 15.9 Å². The predicted octanol–water partition coefficient (Wildman–Crippen LogP) is 4.46. The van der Waals surface area contributed by atoms with Crippen LogP contribution in [-0.4, -0.2) is 34.5 Å². The maximum Gasteiger partial charge on any atom is 0.273 e. The van der Waals surface area contributed by atoms with Crippen molar-refractivity contribution >= 4 is 43.7 Å². The fourth-order valence-electron chi connectivity index (χ4n) is 3.48. The summed E-state index contributed by atoms with van der Waals surface area (Å²) in [5.41, 5.74) is 1.70. The molecule has 0 saturated heterocycles. The molecule has 0 atom stereocenters. The first-order chi connectivity index (χ1) is 15.9. The SMILES string of the molecule is CN(c1ccc(OCC(=O)NCCc2cccc3ccccc23)cc1)S(=O)(=O)c1cccs1. The normalized spacial score (nSPS) is 11.3. The minimum absolute atomic E-state index is 0.113. The topological polar surface area (TPSA) is 75.7 Å². The molecule has 6 nitrogen and oxygen atoms in total. The van der Waals surface area contributed by atoms with Gasteiger partial charge < -0.3 is 10.1 Å². The number of anilines is 1. The van der Waals surface area contributed by atoms with Gasteiger partial charge in [0.1, 0.15) is 9.96 Å². The van der Waals surface area contributed by atoms with E-state index in [9.17, 15) is 13.2 Å². The summed E-state index contributed by atoms with van der Waals surface area (Å²) < 4.78 is 32.3. The van der Waals surface area contributed by atoms with Gasteiger partial charge in [-0.3, -0.25) is 9.10 Å². The summed E-state index contributed by atoms with van der Waals surface area (Å²) >= 11 is 1.17. The smallest absolute Gasteiger partial charge is 0.273 e. The molecule has 0 aliphatic heterocycles. The first kappa shape index (κ1) is 22.8. The van der Waals surface area contributed by atoms with Crippen LogP contribution in [0.3, 0.4) is 0 Å². The lowest BCUT2D eigenvalue weighted by molar-refractivity contribution is -0.123. The van der Waals surface area contributed by atoms with E-state index in [1.807, 2.05) is 18.2 Å². The van der Waals surface area contributed by atoms with Crippen molar-refractivity contribution in [2.45, 2.75) is 10.6 Å². The lowest BCUT2D eigenvalue weighted by Crippen LogP contribution is -2.30. The molecule has 0 aliphatic carbocycles. The van der Waals surface area contributed by atoms with E-state index in [-0.39, 0.29) is 16.7 Å². The number of carbonyl (C=O) groups excluding carboxylic acids is 1. The number of rotatable bonds is 9. The molecular weight excluding hydrogens is 456 g/mol. The summed E-state index contributed by atoms with van der Waals surface area (Å²) in [5.74, 6) is 0.279. The fourth-order valence-corrected chi connectivity index (χ4v) is 5.84. The zero-order chi connectivity index (χ0) is 23.3. The van der Waals surface area contributed by atoms with Gasteiger partial charge in [-0.05, 0) is 58.5 Å². The summed E-state index contributed by atoms with van der Waals surface area (Å²) in [4.78, 5) is 12.2. The number of ether oxygens (including phenoxy) is 1. The molecule has 4 aromatic rings. The van der Waals surface area contributed by atoms with Gasteiger partial charge in [-0.2, -0.15) is 0 Å². The summed E-state index contributed by atoms with van der Waals surface area (Å²) in [5, 5.41) is 6.98. The van der Waals surface area contributed by atoms with E-state index in [4.69, 9.17) is 4.74 Å². The van der Waals surface area contributed by atoms with Crippen molar-refractivity contribution in [1.82, 2.24) is 5.32 Å². The van der Waals surface area contributed by atoms with Gasteiger partial charge in [0.05, 0.1) is 5.69 Å². The Bertz CT molecular complexity index is 1330. The molecule has 0 unspecified atom stereocenters. The van der Waals surface area contributed by atoms with Gasteiger partial charge in [0.15, 0.2) is 6.61 Å². The lowest BCUT2D eigenvalue weighted by Gasteiger charge is -2.18. The molecule has 3 aromatic carbocycles. The van der Waals surface area contributed by atoms with Crippen LogP contribution in [0.1, 0.15) is 5.56 Å². The molecule has 0 saturated carbocycles. The van der Waals surface area contributed by atoms with Crippen molar-refractivity contribution < 1.29 is 17.9 Å². The number of benzene rings is 3. The van der Waals surface area contributed by atoms with Gasteiger partial charge in [-0.1, -0.05) is 48.5 Å². The average molecular weight is 481 g/mol. The number of carbonyl (C=O) groups is 1. The minimum Gasteiger partial charge on any atom is -0.484 e. The zero-order valence-electron chi connectivity index (χ0n) is 18.1. The fraction of sp³-hybridized carbons (Fsp3) is 0.160. The molecule has 1 amide bonds. The number of sulfonamides is 1. The predicted molar refractivity (Wildman–Crippen MR) is 133 cm³/mol. The van der Waals surface area contributed by atoms with E-state index >= 15 is 0 Å². The molecule has 0 spiro atoms. The molecule has 0 bridgehead atoms. The van der Waals surface area contributed by atoms with Crippen LogP contribution in [0.5, 0.6) is 5.75 Å². The zero-order valence-corrected chi connectivity index (χ0v) is 19.7. The standard InChI is InChI=1S/C25H24N2O4S2/c1-27(33(29,30)25-10-5-17-32-25)21-11-13-22(14-12-21)31-18-24(28)26-16-15-20-8-4-7-19-6-2-3-9-23(19)20/h2-14,17H,15-16,18H2,1H3,(H,26,28). The Morgan fingerprint density at radius 3 is 2.48 bits per heavy atom. The highest BCUT2D eigenvalue weighted by atomic mass is 32.2. The second kappa shape index (κ2) is 10.1. The summed E-state index contributed by atoms with van der Waals surface area (Å²) in [6, 6.07) is 24.2. The molecular formula is C25H24N2O4S2. The highest BCUT2D eigenvalue weighted by Crippen LogP contribution is 2.26. The van der Waals surface area contributed by atoms with Crippen LogP contribution in [0.2, 0.25) is 0 Å². The quantitative estimate of drug-likeness (QED) is 0.384. The Hall–Kier alpha value is -3.36. The van der Waals surface area contributed by atoms with Crippen molar-refractivity contribution in [2.24, 2.45) is 0 Å². The van der Waals surface area contributed by atoms with Crippen LogP contribution in [-0.2, 0) is 21.2 Å². The highest BCUT2D eigenvalue weighted by Gasteiger charge is 2.22. The number of nitrogens with one attached hydrogen (secondary N) is 1. The number of fused-ring (bicyclic) bond motifs is 1. The maximum absolute atomic E-state index is 12.6. The Labute approximate surface area is 197 Å². The van der Waals surface area contributed by atoms with Crippen LogP contribution in [0.4, 0.5) is 5.69 Å². The van der Waals surface area contributed by atoms with E-state index in [0.717, 1.165) is 6.42 Å². The van der Waals surface area contributed by atoms with Crippen LogP contribution in [0, 0.1) is 0 Å². The average Bonchev–Trinajstić information content (AvgIpc) is 3.39. The molecule has 0 fully saturated rings. The third kappa shape index (κ3) is 5.35. The molecule has 1 N–H and O–H groups in total. The van der Waals surface area contributed by atoms with Crippen LogP contribution < -0.4 is 14.4 Å². The van der Waals surface area contributed by atoms with Crippen molar-refractivity contribution in [3.05, 3.63) is 89.8 Å². The minimum atomic E-state index is -3.59. The number of hydrogen-bond donors (Lipinski definition) is 1. The summed E-state index contributed by atoms with van der Waals surface area (Å²) in [7, 11) is -2.08. The first-order valence-electron chi connectivity index (χ1n) is 10.4. The van der Waals surface area contributed by atoms with Crippen LogP contribution >= 0.6 is 11.3 Å². The van der Waals surface area contributed by atoms with Crippen molar-refractivity contribution in [3.8, 4) is 5.75 Å². The van der Waals surface area contributed by atoms with Crippen LogP contribution in [0.15, 0.2) is 88.5 Å². The second-order valence-electron chi connectivity index (χ2n) is 7.43. The third-order valence-electron chi connectivity index (χ3n) is 5.28. The number of thiophene rings is 1. The summed E-state index contributed by atoms with van der Waals surface area (Å²) in [6.07, 6.45) is 0.729. The molecule has 8 heteroatoms.